The van der Waals surface area contributed by atoms with E-state index in [1.807, 2.05) is 53.0 Å². The predicted octanol–water partition coefficient (Wildman–Crippen LogP) is 1.14. The smallest absolute Gasteiger partial charge is 0.227 e. The standard InChI is InChI=1S/C16H20N4O/c1-19-9-8-18-16(19)14-12-17-7-10-20(14)15(21)11-13-5-3-2-4-6-13/h2-6,8-9,14,17H,7,10-12H2,1H3. The van der Waals surface area contributed by atoms with Crippen molar-refractivity contribution >= 4 is 5.91 Å². The third-order valence-corrected chi connectivity index (χ3v) is 3.92. The van der Waals surface area contributed by atoms with Crippen LogP contribution in [0.5, 0.6) is 0 Å². The fourth-order valence-corrected chi connectivity index (χ4v) is 2.80. The van der Waals surface area contributed by atoms with Crippen LogP contribution in [-0.2, 0) is 18.3 Å². The molecule has 1 amide bonds. The molecule has 1 N–H and O–H groups in total. The lowest BCUT2D eigenvalue weighted by atomic mass is 10.1. The van der Waals surface area contributed by atoms with Crippen molar-refractivity contribution < 1.29 is 4.79 Å². The van der Waals surface area contributed by atoms with Crippen molar-refractivity contribution in [1.29, 1.82) is 0 Å². The minimum atomic E-state index is 0.00922. The Kier molecular flexibility index (Phi) is 4.01. The zero-order valence-corrected chi connectivity index (χ0v) is 12.2. The maximum absolute atomic E-state index is 12.6. The van der Waals surface area contributed by atoms with E-state index >= 15 is 0 Å². The molecule has 1 aromatic heterocycles. The van der Waals surface area contributed by atoms with Crippen LogP contribution in [0, 0.1) is 0 Å². The van der Waals surface area contributed by atoms with E-state index in [1.54, 1.807) is 6.20 Å². The number of rotatable bonds is 3. The highest BCUT2D eigenvalue weighted by atomic mass is 16.2. The first-order chi connectivity index (χ1) is 10.3. The third kappa shape index (κ3) is 2.97. The van der Waals surface area contributed by atoms with Gasteiger partial charge in [-0.3, -0.25) is 4.79 Å². The zero-order valence-electron chi connectivity index (χ0n) is 12.2. The molecule has 1 fully saturated rings. The van der Waals surface area contributed by atoms with E-state index < -0.39 is 0 Å². The average molecular weight is 284 g/mol. The van der Waals surface area contributed by atoms with Gasteiger partial charge in [0.1, 0.15) is 11.9 Å². The van der Waals surface area contributed by atoms with Crippen LogP contribution in [0.15, 0.2) is 42.7 Å². The van der Waals surface area contributed by atoms with Crippen molar-refractivity contribution in [2.24, 2.45) is 7.05 Å². The van der Waals surface area contributed by atoms with Gasteiger partial charge in [-0.15, -0.1) is 0 Å². The summed E-state index contributed by atoms with van der Waals surface area (Å²) in [5, 5.41) is 3.35. The van der Waals surface area contributed by atoms with Crippen LogP contribution < -0.4 is 5.32 Å². The molecule has 2 heterocycles. The van der Waals surface area contributed by atoms with Gasteiger partial charge in [0, 0.05) is 39.1 Å². The lowest BCUT2D eigenvalue weighted by molar-refractivity contribution is -0.134. The van der Waals surface area contributed by atoms with E-state index in [4.69, 9.17) is 0 Å². The molecule has 1 unspecified atom stereocenters. The Morgan fingerprint density at radius 3 is 2.90 bits per heavy atom. The maximum Gasteiger partial charge on any atom is 0.227 e. The molecule has 110 valence electrons. The highest BCUT2D eigenvalue weighted by Crippen LogP contribution is 2.21. The summed E-state index contributed by atoms with van der Waals surface area (Å²) >= 11 is 0. The van der Waals surface area contributed by atoms with Crippen molar-refractivity contribution in [3.8, 4) is 0 Å². The number of aryl methyl sites for hydroxylation is 1. The lowest BCUT2D eigenvalue weighted by Crippen LogP contribution is -2.49. The molecule has 5 heteroatoms. The average Bonchev–Trinajstić information content (AvgIpc) is 2.94. The lowest BCUT2D eigenvalue weighted by Gasteiger charge is -2.35. The predicted molar refractivity (Wildman–Crippen MR) is 80.7 cm³/mol. The molecule has 0 saturated carbocycles. The number of nitrogens with one attached hydrogen (secondary N) is 1. The second-order valence-electron chi connectivity index (χ2n) is 5.37. The number of carbonyl (C=O) groups excluding carboxylic acids is 1. The van der Waals surface area contributed by atoms with E-state index in [0.29, 0.717) is 6.42 Å². The van der Waals surface area contributed by atoms with Crippen molar-refractivity contribution in [3.05, 3.63) is 54.1 Å². The van der Waals surface area contributed by atoms with Crippen LogP contribution in [0.4, 0.5) is 0 Å². The molecule has 1 atom stereocenters. The topological polar surface area (TPSA) is 50.2 Å². The van der Waals surface area contributed by atoms with Gasteiger partial charge in [0.15, 0.2) is 0 Å². The summed E-state index contributed by atoms with van der Waals surface area (Å²) < 4.78 is 1.99. The monoisotopic (exact) mass is 284 g/mol. The number of nitrogens with zero attached hydrogens (tertiary/aromatic N) is 3. The SMILES string of the molecule is Cn1ccnc1C1CNCCN1C(=O)Cc1ccccc1. The number of carbonyl (C=O) groups is 1. The number of hydrogen-bond acceptors (Lipinski definition) is 3. The molecular formula is C16H20N4O. The normalized spacial score (nSPS) is 18.7. The number of piperazine rings is 1. The number of aromatic nitrogens is 2. The summed E-state index contributed by atoms with van der Waals surface area (Å²) in [5.74, 6) is 1.10. The molecule has 5 nitrogen and oxygen atoms in total. The Bertz CT molecular complexity index is 608. The van der Waals surface area contributed by atoms with E-state index in [-0.39, 0.29) is 11.9 Å². The summed E-state index contributed by atoms with van der Waals surface area (Å²) in [5.41, 5.74) is 1.06. The minimum Gasteiger partial charge on any atom is -0.336 e. The fourth-order valence-electron chi connectivity index (χ4n) is 2.80. The van der Waals surface area contributed by atoms with Gasteiger partial charge in [-0.2, -0.15) is 0 Å². The number of amides is 1. The molecule has 2 aromatic rings. The highest BCUT2D eigenvalue weighted by Gasteiger charge is 2.30. The third-order valence-electron chi connectivity index (χ3n) is 3.92. The summed E-state index contributed by atoms with van der Waals surface area (Å²) in [6, 6.07) is 9.91. The molecule has 0 aliphatic carbocycles. The Morgan fingerprint density at radius 1 is 1.38 bits per heavy atom. The molecule has 0 spiro atoms. The van der Waals surface area contributed by atoms with Crippen LogP contribution in [0.25, 0.3) is 0 Å². The van der Waals surface area contributed by atoms with Crippen LogP contribution in [-0.4, -0.2) is 40.0 Å². The molecule has 21 heavy (non-hydrogen) atoms. The number of benzene rings is 1. The van der Waals surface area contributed by atoms with Crippen molar-refractivity contribution in [3.63, 3.8) is 0 Å². The molecule has 1 aliphatic rings. The molecule has 0 radical (unpaired) electrons. The number of imidazole rings is 1. The van der Waals surface area contributed by atoms with Crippen molar-refractivity contribution in [2.45, 2.75) is 12.5 Å². The first kappa shape index (κ1) is 13.8. The Labute approximate surface area is 124 Å². The minimum absolute atomic E-state index is 0.00922. The van der Waals surface area contributed by atoms with Gasteiger partial charge in [-0.1, -0.05) is 30.3 Å². The molecule has 1 aliphatic heterocycles. The van der Waals surface area contributed by atoms with Gasteiger partial charge >= 0.3 is 0 Å². The summed E-state index contributed by atoms with van der Waals surface area (Å²) in [6.07, 6.45) is 4.15. The van der Waals surface area contributed by atoms with Gasteiger partial charge in [-0.25, -0.2) is 4.98 Å². The van der Waals surface area contributed by atoms with Gasteiger partial charge in [0.05, 0.1) is 6.42 Å². The van der Waals surface area contributed by atoms with Crippen LogP contribution in [0.1, 0.15) is 17.4 Å². The summed E-state index contributed by atoms with van der Waals surface area (Å²) in [6.45, 7) is 2.32. The Balaban J connectivity index is 1.78. The molecule has 1 aromatic carbocycles. The second kappa shape index (κ2) is 6.10. The summed E-state index contributed by atoms with van der Waals surface area (Å²) in [7, 11) is 1.97. The number of hydrogen-bond donors (Lipinski definition) is 1. The largest absolute Gasteiger partial charge is 0.336 e. The van der Waals surface area contributed by atoms with Crippen LogP contribution in [0.3, 0.4) is 0 Å². The first-order valence-electron chi connectivity index (χ1n) is 7.27. The van der Waals surface area contributed by atoms with E-state index in [0.717, 1.165) is 31.0 Å². The highest BCUT2D eigenvalue weighted by molar-refractivity contribution is 5.79. The molecule has 3 rings (SSSR count). The molecule has 0 bridgehead atoms. The van der Waals surface area contributed by atoms with Gasteiger partial charge < -0.3 is 14.8 Å². The fraction of sp³-hybridized carbons (Fsp3) is 0.375. The summed E-state index contributed by atoms with van der Waals surface area (Å²) in [4.78, 5) is 19.0. The molecular weight excluding hydrogens is 264 g/mol. The van der Waals surface area contributed by atoms with Gasteiger partial charge in [0.2, 0.25) is 5.91 Å². The maximum atomic E-state index is 12.6. The van der Waals surface area contributed by atoms with Gasteiger partial charge in [-0.05, 0) is 5.56 Å². The van der Waals surface area contributed by atoms with Crippen LogP contribution >= 0.6 is 0 Å². The van der Waals surface area contributed by atoms with Crippen molar-refractivity contribution in [1.82, 2.24) is 19.8 Å². The van der Waals surface area contributed by atoms with E-state index in [1.165, 1.54) is 0 Å². The van der Waals surface area contributed by atoms with Crippen LogP contribution in [0.2, 0.25) is 0 Å². The van der Waals surface area contributed by atoms with E-state index in [2.05, 4.69) is 10.3 Å². The van der Waals surface area contributed by atoms with E-state index in [9.17, 15) is 4.79 Å². The Morgan fingerprint density at radius 2 is 2.19 bits per heavy atom. The first-order valence-corrected chi connectivity index (χ1v) is 7.27. The van der Waals surface area contributed by atoms with Gasteiger partial charge in [0.25, 0.3) is 0 Å². The quantitative estimate of drug-likeness (QED) is 0.919. The molecule has 1 saturated heterocycles. The van der Waals surface area contributed by atoms with Crippen molar-refractivity contribution in [2.75, 3.05) is 19.6 Å². The Hall–Kier alpha value is -2.14. The zero-order chi connectivity index (χ0) is 14.7. The second-order valence-corrected chi connectivity index (χ2v) is 5.37.